The largest absolute Gasteiger partial charge is 0.494 e. The summed E-state index contributed by atoms with van der Waals surface area (Å²) in [5, 5.41) is 3.48. The van der Waals surface area contributed by atoms with Gasteiger partial charge in [-0.15, -0.1) is 0 Å². The van der Waals surface area contributed by atoms with E-state index in [2.05, 4.69) is 37.2 Å². The fraction of sp³-hybridized carbons (Fsp3) is 0.583. The lowest BCUT2D eigenvalue weighted by molar-refractivity contribution is 0.197. The van der Waals surface area contributed by atoms with E-state index < -0.39 is 0 Å². The molecule has 4 nitrogen and oxygen atoms in total. The van der Waals surface area contributed by atoms with Crippen molar-refractivity contribution in [2.45, 2.75) is 12.5 Å². The summed E-state index contributed by atoms with van der Waals surface area (Å²) >= 11 is 3.38. The number of pyridine rings is 1. The number of fused-ring (bicyclic) bond motifs is 1. The highest BCUT2D eigenvalue weighted by Crippen LogP contribution is 2.31. The second-order valence-corrected chi connectivity index (χ2v) is 5.45. The average molecular weight is 298 g/mol. The number of halogens is 1. The molecular weight excluding hydrogens is 282 g/mol. The molecule has 2 fully saturated rings. The molecular formula is C12H16BrN3O. The third-order valence-corrected chi connectivity index (χ3v) is 4.37. The summed E-state index contributed by atoms with van der Waals surface area (Å²) in [6.45, 7) is 3.40. The first-order valence-electron chi connectivity index (χ1n) is 5.96. The van der Waals surface area contributed by atoms with Gasteiger partial charge < -0.3 is 15.0 Å². The molecule has 0 aromatic carbocycles. The minimum atomic E-state index is 0.665. The standard InChI is InChI=1S/C12H16BrN3O/c1-17-11-4-9(6-15-12(11)13)16-3-2-8-5-14-10(8)7-16/h4,6,8,10,14H,2-3,5,7H2,1H3/t8-,10-/m1/s1. The van der Waals surface area contributed by atoms with Crippen LogP contribution in [-0.2, 0) is 0 Å². The summed E-state index contributed by atoms with van der Waals surface area (Å²) in [6.07, 6.45) is 3.18. The van der Waals surface area contributed by atoms with E-state index >= 15 is 0 Å². The highest BCUT2D eigenvalue weighted by atomic mass is 79.9. The Morgan fingerprint density at radius 2 is 2.47 bits per heavy atom. The van der Waals surface area contributed by atoms with Gasteiger partial charge in [0, 0.05) is 25.2 Å². The number of piperidine rings is 1. The maximum Gasteiger partial charge on any atom is 0.153 e. The molecule has 92 valence electrons. The lowest BCUT2D eigenvalue weighted by Crippen LogP contribution is -2.62. The molecule has 0 unspecified atom stereocenters. The molecule has 0 saturated carbocycles. The monoisotopic (exact) mass is 297 g/mol. The summed E-state index contributed by atoms with van der Waals surface area (Å²) in [6, 6.07) is 2.72. The summed E-state index contributed by atoms with van der Waals surface area (Å²) < 4.78 is 6.05. The van der Waals surface area contributed by atoms with Crippen LogP contribution in [0.25, 0.3) is 0 Å². The SMILES string of the molecule is COc1cc(N2CC[C@@H]3CN[C@@H]3C2)cnc1Br. The average Bonchev–Trinajstić information content (AvgIpc) is 2.32. The molecule has 3 rings (SSSR count). The van der Waals surface area contributed by atoms with Gasteiger partial charge in [-0.05, 0) is 34.8 Å². The summed E-state index contributed by atoms with van der Waals surface area (Å²) in [4.78, 5) is 6.70. The smallest absolute Gasteiger partial charge is 0.153 e. The lowest BCUT2D eigenvalue weighted by atomic mass is 9.85. The molecule has 0 aliphatic carbocycles. The maximum absolute atomic E-state index is 5.29. The van der Waals surface area contributed by atoms with Gasteiger partial charge >= 0.3 is 0 Å². The zero-order valence-electron chi connectivity index (χ0n) is 9.82. The minimum Gasteiger partial charge on any atom is -0.494 e. The van der Waals surface area contributed by atoms with Gasteiger partial charge in [-0.3, -0.25) is 0 Å². The quantitative estimate of drug-likeness (QED) is 0.843. The van der Waals surface area contributed by atoms with Crippen LogP contribution < -0.4 is 15.0 Å². The van der Waals surface area contributed by atoms with Crippen molar-refractivity contribution in [3.63, 3.8) is 0 Å². The summed E-state index contributed by atoms with van der Waals surface area (Å²) in [7, 11) is 1.67. The van der Waals surface area contributed by atoms with Crippen LogP contribution in [0.2, 0.25) is 0 Å². The molecule has 0 bridgehead atoms. The Balaban J connectivity index is 1.79. The van der Waals surface area contributed by atoms with Gasteiger partial charge in [-0.1, -0.05) is 0 Å². The van der Waals surface area contributed by atoms with Gasteiger partial charge in [-0.2, -0.15) is 0 Å². The first-order valence-corrected chi connectivity index (χ1v) is 6.75. The first kappa shape index (κ1) is 11.3. The molecule has 1 aromatic heterocycles. The number of hydrogen-bond acceptors (Lipinski definition) is 4. The highest BCUT2D eigenvalue weighted by Gasteiger charge is 2.35. The normalized spacial score (nSPS) is 27.3. The molecule has 5 heteroatoms. The third kappa shape index (κ3) is 2.02. The zero-order chi connectivity index (χ0) is 11.8. The summed E-state index contributed by atoms with van der Waals surface area (Å²) in [5.74, 6) is 1.68. The second kappa shape index (κ2) is 4.46. The molecule has 17 heavy (non-hydrogen) atoms. The zero-order valence-corrected chi connectivity index (χ0v) is 11.4. The number of aromatic nitrogens is 1. The Bertz CT molecular complexity index is 426. The van der Waals surface area contributed by atoms with Crippen LogP contribution in [0.3, 0.4) is 0 Å². The van der Waals surface area contributed by atoms with Crippen molar-refractivity contribution < 1.29 is 4.74 Å². The molecule has 0 amide bonds. The van der Waals surface area contributed by atoms with E-state index in [1.807, 2.05) is 6.20 Å². The van der Waals surface area contributed by atoms with E-state index in [-0.39, 0.29) is 0 Å². The van der Waals surface area contributed by atoms with Crippen molar-refractivity contribution in [2.75, 3.05) is 31.6 Å². The van der Waals surface area contributed by atoms with Crippen LogP contribution in [0, 0.1) is 5.92 Å². The van der Waals surface area contributed by atoms with Gasteiger partial charge in [-0.25, -0.2) is 4.98 Å². The second-order valence-electron chi connectivity index (χ2n) is 4.70. The van der Waals surface area contributed by atoms with Crippen LogP contribution in [0.1, 0.15) is 6.42 Å². The Hall–Kier alpha value is -0.810. The van der Waals surface area contributed by atoms with E-state index in [9.17, 15) is 0 Å². The Morgan fingerprint density at radius 3 is 3.12 bits per heavy atom. The van der Waals surface area contributed by atoms with E-state index in [1.165, 1.54) is 13.0 Å². The fourth-order valence-electron chi connectivity index (χ4n) is 2.59. The van der Waals surface area contributed by atoms with Crippen LogP contribution in [0.15, 0.2) is 16.9 Å². The number of methoxy groups -OCH3 is 1. The number of nitrogens with one attached hydrogen (secondary N) is 1. The van der Waals surface area contributed by atoms with Crippen molar-refractivity contribution in [3.05, 3.63) is 16.9 Å². The molecule has 2 aliphatic heterocycles. The molecule has 2 aliphatic rings. The number of ether oxygens (including phenoxy) is 1. The maximum atomic E-state index is 5.29. The number of rotatable bonds is 2. The number of anilines is 1. The molecule has 0 spiro atoms. The van der Waals surface area contributed by atoms with Gasteiger partial charge in [0.2, 0.25) is 0 Å². The van der Waals surface area contributed by atoms with E-state index in [0.29, 0.717) is 6.04 Å². The molecule has 3 heterocycles. The topological polar surface area (TPSA) is 37.4 Å². The Morgan fingerprint density at radius 1 is 1.59 bits per heavy atom. The van der Waals surface area contributed by atoms with Crippen molar-refractivity contribution in [2.24, 2.45) is 5.92 Å². The highest BCUT2D eigenvalue weighted by molar-refractivity contribution is 9.10. The third-order valence-electron chi connectivity index (χ3n) is 3.78. The first-order chi connectivity index (χ1) is 8.28. The van der Waals surface area contributed by atoms with Crippen LogP contribution in [0.5, 0.6) is 5.75 Å². The molecule has 0 radical (unpaired) electrons. The van der Waals surface area contributed by atoms with Gasteiger partial charge in [0.15, 0.2) is 5.75 Å². The van der Waals surface area contributed by atoms with Crippen LogP contribution >= 0.6 is 15.9 Å². The van der Waals surface area contributed by atoms with E-state index in [1.54, 1.807) is 7.11 Å². The van der Waals surface area contributed by atoms with Gasteiger partial charge in [0.05, 0.1) is 19.0 Å². The van der Waals surface area contributed by atoms with Crippen LogP contribution in [0.4, 0.5) is 5.69 Å². The number of nitrogens with zero attached hydrogens (tertiary/aromatic N) is 2. The molecule has 2 saturated heterocycles. The Labute approximate surface area is 109 Å². The fourth-order valence-corrected chi connectivity index (χ4v) is 2.97. The molecule has 1 aromatic rings. The van der Waals surface area contributed by atoms with Gasteiger partial charge in [0.25, 0.3) is 0 Å². The summed E-state index contributed by atoms with van der Waals surface area (Å²) in [5.41, 5.74) is 1.15. The Kier molecular flexibility index (Phi) is 2.96. The van der Waals surface area contributed by atoms with Crippen molar-refractivity contribution in [1.82, 2.24) is 10.3 Å². The molecule has 2 atom stereocenters. The predicted octanol–water partition coefficient (Wildman–Crippen LogP) is 1.65. The van der Waals surface area contributed by atoms with E-state index in [4.69, 9.17) is 4.74 Å². The van der Waals surface area contributed by atoms with E-state index in [0.717, 1.165) is 35.0 Å². The van der Waals surface area contributed by atoms with Crippen molar-refractivity contribution in [3.8, 4) is 5.75 Å². The van der Waals surface area contributed by atoms with Crippen molar-refractivity contribution in [1.29, 1.82) is 0 Å². The predicted molar refractivity (Wildman–Crippen MR) is 70.6 cm³/mol. The van der Waals surface area contributed by atoms with Crippen molar-refractivity contribution >= 4 is 21.6 Å². The van der Waals surface area contributed by atoms with Crippen LogP contribution in [-0.4, -0.2) is 37.8 Å². The molecule has 1 N–H and O–H groups in total. The van der Waals surface area contributed by atoms with Gasteiger partial charge in [0.1, 0.15) is 4.60 Å². The number of hydrogen-bond donors (Lipinski definition) is 1. The lowest BCUT2D eigenvalue weighted by Gasteiger charge is -2.47. The minimum absolute atomic E-state index is 0.665.